The van der Waals surface area contributed by atoms with E-state index in [4.69, 9.17) is 11.6 Å². The molecule has 0 fully saturated rings. The number of anilines is 1. The van der Waals surface area contributed by atoms with Crippen molar-refractivity contribution in [1.29, 1.82) is 0 Å². The van der Waals surface area contributed by atoms with Crippen molar-refractivity contribution in [2.75, 3.05) is 23.4 Å². The molecule has 6 nitrogen and oxygen atoms in total. The summed E-state index contributed by atoms with van der Waals surface area (Å²) in [6.45, 7) is 0. The summed E-state index contributed by atoms with van der Waals surface area (Å²) >= 11 is 7.96. The molecule has 1 aromatic carbocycles. The van der Waals surface area contributed by atoms with Gasteiger partial charge in [0.2, 0.25) is 0 Å². The van der Waals surface area contributed by atoms with E-state index >= 15 is 0 Å². The smallest absolute Gasteiger partial charge is 0.181 e. The average molecular weight is 410 g/mol. The first-order valence-electron chi connectivity index (χ1n) is 7.72. The van der Waals surface area contributed by atoms with Gasteiger partial charge < -0.3 is 4.31 Å². The SMILES string of the molecule is CSN(C)c1cccc(C2=C(N=O)c3ncccc3CCS2(=O)=O)c1Cl. The van der Waals surface area contributed by atoms with Crippen LogP contribution >= 0.6 is 23.5 Å². The molecule has 26 heavy (non-hydrogen) atoms. The number of pyridine rings is 1. The Labute approximate surface area is 161 Å². The molecule has 0 N–H and O–H groups in total. The first-order chi connectivity index (χ1) is 12.4. The van der Waals surface area contributed by atoms with Crippen LogP contribution in [-0.4, -0.2) is 32.5 Å². The number of aryl methyl sites for hydroxylation is 1. The molecule has 0 saturated heterocycles. The largest absolute Gasteiger partial charge is 0.318 e. The summed E-state index contributed by atoms with van der Waals surface area (Å²) in [7, 11) is -1.96. The van der Waals surface area contributed by atoms with Crippen molar-refractivity contribution >= 4 is 49.7 Å². The standard InChI is InChI=1S/C17H16ClN3O3S2/c1-21(25-2)13-7-3-6-12(14(13)18)17-16(20-22)15-11(5-4-9-19-15)8-10-26(17,23)24/h3-7,9H,8,10H2,1-2H3. The van der Waals surface area contributed by atoms with Gasteiger partial charge in [0.1, 0.15) is 4.91 Å². The minimum Gasteiger partial charge on any atom is -0.318 e. The van der Waals surface area contributed by atoms with Crippen LogP contribution in [0, 0.1) is 4.91 Å². The van der Waals surface area contributed by atoms with E-state index in [2.05, 4.69) is 10.2 Å². The zero-order chi connectivity index (χ0) is 18.9. The first-order valence-corrected chi connectivity index (χ1v) is 10.9. The molecular weight excluding hydrogens is 394 g/mol. The summed E-state index contributed by atoms with van der Waals surface area (Å²) in [6, 6.07) is 8.54. The van der Waals surface area contributed by atoms with Gasteiger partial charge in [0.25, 0.3) is 0 Å². The number of benzene rings is 1. The predicted octanol–water partition coefficient (Wildman–Crippen LogP) is 4.01. The van der Waals surface area contributed by atoms with Gasteiger partial charge in [-0.1, -0.05) is 41.7 Å². The van der Waals surface area contributed by atoms with E-state index in [1.165, 1.54) is 18.1 Å². The van der Waals surface area contributed by atoms with Gasteiger partial charge in [0.15, 0.2) is 15.5 Å². The van der Waals surface area contributed by atoms with Gasteiger partial charge in [-0.3, -0.25) is 4.98 Å². The molecule has 1 aliphatic rings. The molecule has 0 unspecified atom stereocenters. The molecule has 0 spiro atoms. The maximum absolute atomic E-state index is 13.0. The Hall–Kier alpha value is -1.90. The van der Waals surface area contributed by atoms with Crippen molar-refractivity contribution in [1.82, 2.24) is 4.98 Å². The second-order valence-corrected chi connectivity index (χ2v) is 9.00. The van der Waals surface area contributed by atoms with Crippen LogP contribution in [0.1, 0.15) is 16.8 Å². The van der Waals surface area contributed by atoms with Crippen LogP contribution in [0.4, 0.5) is 5.69 Å². The lowest BCUT2D eigenvalue weighted by atomic mass is 10.1. The third-order valence-electron chi connectivity index (χ3n) is 4.21. The summed E-state index contributed by atoms with van der Waals surface area (Å²) in [5.41, 5.74) is 1.68. The number of rotatable bonds is 4. The molecule has 0 saturated carbocycles. The average Bonchev–Trinajstić information content (AvgIpc) is 2.75. The van der Waals surface area contributed by atoms with Crippen molar-refractivity contribution in [2.24, 2.45) is 5.18 Å². The van der Waals surface area contributed by atoms with E-state index in [0.717, 1.165) is 0 Å². The first kappa shape index (κ1) is 18.9. The number of fused-ring (bicyclic) bond motifs is 1. The molecule has 9 heteroatoms. The van der Waals surface area contributed by atoms with Gasteiger partial charge in [0, 0.05) is 25.1 Å². The number of sulfone groups is 1. The van der Waals surface area contributed by atoms with E-state index in [-0.39, 0.29) is 33.4 Å². The summed E-state index contributed by atoms with van der Waals surface area (Å²) in [5, 5.41) is 3.30. The normalized spacial score (nSPS) is 16.0. The van der Waals surface area contributed by atoms with Crippen molar-refractivity contribution in [3.8, 4) is 0 Å². The number of halogens is 1. The molecular formula is C17H16ClN3O3S2. The van der Waals surface area contributed by atoms with Gasteiger partial charge in [-0.05, 0) is 29.3 Å². The van der Waals surface area contributed by atoms with Crippen LogP contribution in [0.15, 0.2) is 41.7 Å². The topological polar surface area (TPSA) is 79.7 Å². The monoisotopic (exact) mass is 409 g/mol. The Morgan fingerprint density at radius 1 is 1.27 bits per heavy atom. The fraction of sp³-hybridized carbons (Fsp3) is 0.235. The van der Waals surface area contributed by atoms with E-state index in [1.807, 2.05) is 17.6 Å². The van der Waals surface area contributed by atoms with Crippen molar-refractivity contribution < 1.29 is 8.42 Å². The molecule has 0 aliphatic carbocycles. The van der Waals surface area contributed by atoms with Crippen LogP contribution < -0.4 is 4.31 Å². The lowest BCUT2D eigenvalue weighted by Gasteiger charge is -2.19. The van der Waals surface area contributed by atoms with E-state index < -0.39 is 9.84 Å². The molecule has 3 rings (SSSR count). The minimum atomic E-state index is -3.78. The lowest BCUT2D eigenvalue weighted by molar-refractivity contribution is 0.605. The maximum Gasteiger partial charge on any atom is 0.181 e. The van der Waals surface area contributed by atoms with E-state index in [1.54, 1.807) is 30.3 Å². The summed E-state index contributed by atoms with van der Waals surface area (Å²) in [6.07, 6.45) is 3.65. The van der Waals surface area contributed by atoms with Crippen molar-refractivity contribution in [2.45, 2.75) is 6.42 Å². The molecule has 2 aromatic rings. The molecule has 1 aliphatic heterocycles. The molecule has 0 bridgehead atoms. The highest BCUT2D eigenvalue weighted by molar-refractivity contribution is 8.01. The Morgan fingerprint density at radius 3 is 2.73 bits per heavy atom. The molecule has 2 heterocycles. The van der Waals surface area contributed by atoms with Crippen LogP contribution in [0.25, 0.3) is 10.6 Å². The van der Waals surface area contributed by atoms with Gasteiger partial charge >= 0.3 is 0 Å². The molecule has 0 radical (unpaired) electrons. The molecule has 0 amide bonds. The van der Waals surface area contributed by atoms with Crippen LogP contribution in [0.5, 0.6) is 0 Å². The Bertz CT molecular complexity index is 1010. The fourth-order valence-electron chi connectivity index (χ4n) is 2.87. The Balaban J connectivity index is 2.37. The third-order valence-corrected chi connectivity index (χ3v) is 7.13. The highest BCUT2D eigenvalue weighted by atomic mass is 35.5. The third kappa shape index (κ3) is 3.24. The highest BCUT2D eigenvalue weighted by Crippen LogP contribution is 2.42. The van der Waals surface area contributed by atoms with Gasteiger partial charge in [-0.15, -0.1) is 4.91 Å². The summed E-state index contributed by atoms with van der Waals surface area (Å²) in [5.74, 6) is -0.140. The van der Waals surface area contributed by atoms with Crippen molar-refractivity contribution in [3.05, 3.63) is 63.3 Å². The number of hydrogen-bond donors (Lipinski definition) is 0. The number of nitroso groups, excluding NO2 is 1. The highest BCUT2D eigenvalue weighted by Gasteiger charge is 2.33. The predicted molar refractivity (Wildman–Crippen MR) is 108 cm³/mol. The Morgan fingerprint density at radius 2 is 2.04 bits per heavy atom. The molecule has 136 valence electrons. The second-order valence-electron chi connectivity index (χ2n) is 5.67. The number of aromatic nitrogens is 1. The molecule has 1 aromatic heterocycles. The minimum absolute atomic E-state index is 0.140. The van der Waals surface area contributed by atoms with E-state index in [0.29, 0.717) is 16.9 Å². The fourth-order valence-corrected chi connectivity index (χ4v) is 5.30. The maximum atomic E-state index is 13.0. The summed E-state index contributed by atoms with van der Waals surface area (Å²) < 4.78 is 27.8. The van der Waals surface area contributed by atoms with Crippen LogP contribution in [-0.2, 0) is 16.3 Å². The summed E-state index contributed by atoms with van der Waals surface area (Å²) in [4.78, 5) is 15.7. The van der Waals surface area contributed by atoms with Crippen LogP contribution in [0.2, 0.25) is 5.02 Å². The number of nitrogens with zero attached hydrogens (tertiary/aromatic N) is 3. The van der Waals surface area contributed by atoms with Crippen LogP contribution in [0.3, 0.4) is 0 Å². The van der Waals surface area contributed by atoms with Gasteiger partial charge in [0.05, 0.1) is 22.2 Å². The zero-order valence-electron chi connectivity index (χ0n) is 14.1. The van der Waals surface area contributed by atoms with Gasteiger partial charge in [-0.2, -0.15) is 0 Å². The number of hydrogen-bond acceptors (Lipinski definition) is 7. The van der Waals surface area contributed by atoms with E-state index in [9.17, 15) is 13.3 Å². The quantitative estimate of drug-likeness (QED) is 0.560. The second kappa shape index (κ2) is 7.38. The lowest BCUT2D eigenvalue weighted by Crippen LogP contribution is -2.11. The Kier molecular flexibility index (Phi) is 5.36. The van der Waals surface area contributed by atoms with Gasteiger partial charge in [-0.25, -0.2) is 8.42 Å². The molecule has 0 atom stereocenters. The zero-order valence-corrected chi connectivity index (χ0v) is 16.5. The van der Waals surface area contributed by atoms with Crippen molar-refractivity contribution in [3.63, 3.8) is 0 Å².